The summed E-state index contributed by atoms with van der Waals surface area (Å²) >= 11 is 5.85. The third kappa shape index (κ3) is 2.31. The normalized spacial score (nSPS) is 10.5. The fourth-order valence-corrected chi connectivity index (χ4v) is 1.65. The molecule has 2 N–H and O–H groups in total. The van der Waals surface area contributed by atoms with Crippen molar-refractivity contribution in [2.75, 3.05) is 5.73 Å². The molecular formula is C12H12ClN3O. The molecule has 0 aliphatic rings. The number of aromatic nitrogens is 2. The molecule has 0 amide bonds. The molecule has 88 valence electrons. The van der Waals surface area contributed by atoms with E-state index in [-0.39, 0.29) is 5.56 Å². The molecule has 0 saturated carbocycles. The SMILES string of the molecule is CCn1nc(-c2ccc(Cl)c(N)c2)ccc1=O. The maximum absolute atomic E-state index is 11.4. The zero-order valence-electron chi connectivity index (χ0n) is 9.35. The van der Waals surface area contributed by atoms with E-state index in [2.05, 4.69) is 5.10 Å². The van der Waals surface area contributed by atoms with E-state index in [1.165, 1.54) is 10.7 Å². The second-order valence-corrected chi connectivity index (χ2v) is 4.02. The highest BCUT2D eigenvalue weighted by atomic mass is 35.5. The number of nitrogens with zero attached hydrogens (tertiary/aromatic N) is 2. The van der Waals surface area contributed by atoms with Crippen LogP contribution in [0, 0.1) is 0 Å². The van der Waals surface area contributed by atoms with Gasteiger partial charge in [-0.05, 0) is 25.1 Å². The molecule has 0 saturated heterocycles. The molecule has 17 heavy (non-hydrogen) atoms. The van der Waals surface area contributed by atoms with Gasteiger partial charge >= 0.3 is 0 Å². The van der Waals surface area contributed by atoms with Crippen LogP contribution < -0.4 is 11.3 Å². The lowest BCUT2D eigenvalue weighted by Gasteiger charge is -2.06. The number of nitrogen functional groups attached to an aromatic ring is 1. The number of rotatable bonds is 2. The van der Waals surface area contributed by atoms with E-state index >= 15 is 0 Å². The minimum absolute atomic E-state index is 0.113. The summed E-state index contributed by atoms with van der Waals surface area (Å²) in [5.41, 5.74) is 7.66. The lowest BCUT2D eigenvalue weighted by atomic mass is 10.1. The Morgan fingerprint density at radius 2 is 2.12 bits per heavy atom. The first-order valence-electron chi connectivity index (χ1n) is 5.25. The molecule has 0 atom stereocenters. The van der Waals surface area contributed by atoms with E-state index in [1.807, 2.05) is 13.0 Å². The number of halogens is 1. The monoisotopic (exact) mass is 249 g/mol. The fraction of sp³-hybridized carbons (Fsp3) is 0.167. The molecule has 0 fully saturated rings. The molecule has 0 bridgehead atoms. The Morgan fingerprint density at radius 3 is 2.76 bits per heavy atom. The Morgan fingerprint density at radius 1 is 1.35 bits per heavy atom. The molecule has 0 aliphatic carbocycles. The largest absolute Gasteiger partial charge is 0.398 e. The van der Waals surface area contributed by atoms with Gasteiger partial charge in [-0.2, -0.15) is 5.10 Å². The van der Waals surface area contributed by atoms with Crippen molar-refractivity contribution in [2.45, 2.75) is 13.5 Å². The van der Waals surface area contributed by atoms with E-state index in [1.54, 1.807) is 18.2 Å². The number of aryl methyl sites for hydroxylation is 1. The quantitative estimate of drug-likeness (QED) is 0.830. The first-order chi connectivity index (χ1) is 8.11. The molecular weight excluding hydrogens is 238 g/mol. The van der Waals surface area contributed by atoms with Gasteiger partial charge in [-0.1, -0.05) is 17.7 Å². The third-order valence-corrected chi connectivity index (χ3v) is 2.80. The summed E-state index contributed by atoms with van der Waals surface area (Å²) in [6, 6.07) is 8.46. The van der Waals surface area contributed by atoms with Crippen molar-refractivity contribution in [3.8, 4) is 11.3 Å². The minimum atomic E-state index is -0.113. The van der Waals surface area contributed by atoms with Crippen LogP contribution in [0.3, 0.4) is 0 Å². The van der Waals surface area contributed by atoms with Gasteiger partial charge < -0.3 is 5.73 Å². The van der Waals surface area contributed by atoms with Crippen LogP contribution in [0.25, 0.3) is 11.3 Å². The van der Waals surface area contributed by atoms with Crippen LogP contribution in [-0.4, -0.2) is 9.78 Å². The Labute approximate surface area is 104 Å². The maximum atomic E-state index is 11.4. The van der Waals surface area contributed by atoms with Gasteiger partial charge in [0.2, 0.25) is 0 Å². The van der Waals surface area contributed by atoms with Crippen LogP contribution in [0.2, 0.25) is 5.02 Å². The summed E-state index contributed by atoms with van der Waals surface area (Å²) in [6.45, 7) is 2.41. The zero-order chi connectivity index (χ0) is 12.4. The van der Waals surface area contributed by atoms with E-state index in [0.29, 0.717) is 22.9 Å². The molecule has 1 heterocycles. The van der Waals surface area contributed by atoms with Crippen LogP contribution in [0.15, 0.2) is 35.1 Å². The molecule has 1 aromatic carbocycles. The first kappa shape index (κ1) is 11.7. The number of nitrogens with two attached hydrogens (primary N) is 1. The minimum Gasteiger partial charge on any atom is -0.398 e. The molecule has 0 unspecified atom stereocenters. The highest BCUT2D eigenvalue weighted by Gasteiger charge is 2.04. The molecule has 2 aromatic rings. The van der Waals surface area contributed by atoms with Crippen LogP contribution in [-0.2, 0) is 6.54 Å². The summed E-state index contributed by atoms with van der Waals surface area (Å²) in [5, 5.41) is 4.75. The fourth-order valence-electron chi connectivity index (χ4n) is 1.53. The van der Waals surface area contributed by atoms with E-state index in [0.717, 1.165) is 5.56 Å². The Kier molecular flexibility index (Phi) is 3.15. The van der Waals surface area contributed by atoms with Crippen LogP contribution in [0.1, 0.15) is 6.92 Å². The predicted molar refractivity (Wildman–Crippen MR) is 69.0 cm³/mol. The highest BCUT2D eigenvalue weighted by Crippen LogP contribution is 2.24. The average Bonchev–Trinajstić information content (AvgIpc) is 2.33. The highest BCUT2D eigenvalue weighted by molar-refractivity contribution is 6.33. The van der Waals surface area contributed by atoms with Gasteiger partial charge in [0.1, 0.15) is 0 Å². The van der Waals surface area contributed by atoms with Gasteiger partial charge in [-0.3, -0.25) is 4.79 Å². The van der Waals surface area contributed by atoms with Crippen molar-refractivity contribution in [1.29, 1.82) is 0 Å². The Hall–Kier alpha value is -1.81. The summed E-state index contributed by atoms with van der Waals surface area (Å²) < 4.78 is 1.40. The summed E-state index contributed by atoms with van der Waals surface area (Å²) in [5.74, 6) is 0. The van der Waals surface area contributed by atoms with Gasteiger partial charge in [0, 0.05) is 18.2 Å². The van der Waals surface area contributed by atoms with Crippen molar-refractivity contribution < 1.29 is 0 Å². The van der Waals surface area contributed by atoms with Crippen molar-refractivity contribution in [1.82, 2.24) is 9.78 Å². The standard InChI is InChI=1S/C12H12ClN3O/c1-2-16-12(17)6-5-11(15-16)8-3-4-9(13)10(14)7-8/h3-7H,2,14H2,1H3. The van der Waals surface area contributed by atoms with Crippen LogP contribution >= 0.6 is 11.6 Å². The van der Waals surface area contributed by atoms with Crippen LogP contribution in [0.5, 0.6) is 0 Å². The number of benzene rings is 1. The number of hydrogen-bond acceptors (Lipinski definition) is 3. The smallest absolute Gasteiger partial charge is 0.266 e. The summed E-state index contributed by atoms with van der Waals surface area (Å²) in [4.78, 5) is 11.4. The molecule has 5 heteroatoms. The second kappa shape index (κ2) is 4.59. The lowest BCUT2D eigenvalue weighted by molar-refractivity contribution is 0.619. The zero-order valence-corrected chi connectivity index (χ0v) is 10.1. The second-order valence-electron chi connectivity index (χ2n) is 3.61. The Bertz CT molecular complexity index is 607. The molecule has 0 aliphatic heterocycles. The Balaban J connectivity index is 2.53. The summed E-state index contributed by atoms with van der Waals surface area (Å²) in [6.07, 6.45) is 0. The molecule has 4 nitrogen and oxygen atoms in total. The van der Waals surface area contributed by atoms with Gasteiger partial charge in [0.25, 0.3) is 5.56 Å². The van der Waals surface area contributed by atoms with Gasteiger partial charge in [0.15, 0.2) is 0 Å². The topological polar surface area (TPSA) is 60.9 Å². The first-order valence-corrected chi connectivity index (χ1v) is 5.63. The van der Waals surface area contributed by atoms with Gasteiger partial charge in [-0.15, -0.1) is 0 Å². The average molecular weight is 250 g/mol. The number of hydrogen-bond donors (Lipinski definition) is 1. The van der Waals surface area contributed by atoms with Gasteiger partial charge in [0.05, 0.1) is 16.4 Å². The lowest BCUT2D eigenvalue weighted by Crippen LogP contribution is -2.20. The maximum Gasteiger partial charge on any atom is 0.266 e. The van der Waals surface area contributed by atoms with Crippen molar-refractivity contribution in [3.05, 3.63) is 45.7 Å². The molecule has 0 radical (unpaired) electrons. The van der Waals surface area contributed by atoms with E-state index < -0.39 is 0 Å². The van der Waals surface area contributed by atoms with E-state index in [9.17, 15) is 4.79 Å². The number of anilines is 1. The summed E-state index contributed by atoms with van der Waals surface area (Å²) in [7, 11) is 0. The van der Waals surface area contributed by atoms with Crippen LogP contribution in [0.4, 0.5) is 5.69 Å². The van der Waals surface area contributed by atoms with Crippen molar-refractivity contribution in [3.63, 3.8) is 0 Å². The molecule has 0 spiro atoms. The molecule has 2 rings (SSSR count). The van der Waals surface area contributed by atoms with Crippen molar-refractivity contribution >= 4 is 17.3 Å². The molecule has 1 aromatic heterocycles. The van der Waals surface area contributed by atoms with Gasteiger partial charge in [-0.25, -0.2) is 4.68 Å². The third-order valence-electron chi connectivity index (χ3n) is 2.46. The van der Waals surface area contributed by atoms with Crippen molar-refractivity contribution in [2.24, 2.45) is 0 Å². The predicted octanol–water partition coefficient (Wildman–Crippen LogP) is 2.17. The van der Waals surface area contributed by atoms with E-state index in [4.69, 9.17) is 17.3 Å².